The van der Waals surface area contributed by atoms with Crippen LogP contribution in [0.2, 0.25) is 0 Å². The SMILES string of the molecule is COCCn1cncc1CNC(=O)C(c1ccc(F)cc1)N(C)C. The number of amides is 1. The molecule has 0 aliphatic heterocycles. The van der Waals surface area contributed by atoms with Crippen molar-refractivity contribution in [1.82, 2.24) is 19.8 Å². The maximum Gasteiger partial charge on any atom is 0.242 e. The highest BCUT2D eigenvalue weighted by Gasteiger charge is 2.22. The number of ether oxygens (including phenoxy) is 1. The van der Waals surface area contributed by atoms with E-state index in [1.807, 2.05) is 18.7 Å². The number of likely N-dealkylation sites (N-methyl/N-ethyl adjacent to an activating group) is 1. The Bertz CT molecular complexity index is 655. The van der Waals surface area contributed by atoms with Crippen LogP contribution in [0.4, 0.5) is 4.39 Å². The van der Waals surface area contributed by atoms with Crippen LogP contribution < -0.4 is 5.32 Å². The summed E-state index contributed by atoms with van der Waals surface area (Å²) in [5.74, 6) is -0.468. The van der Waals surface area contributed by atoms with Gasteiger partial charge >= 0.3 is 0 Å². The third-order valence-electron chi connectivity index (χ3n) is 3.73. The number of nitrogens with zero attached hydrogens (tertiary/aromatic N) is 3. The molecule has 1 aromatic heterocycles. The van der Waals surface area contributed by atoms with Crippen LogP contribution >= 0.6 is 0 Å². The molecule has 1 aromatic carbocycles. The van der Waals surface area contributed by atoms with Crippen LogP contribution in [0, 0.1) is 5.82 Å². The maximum absolute atomic E-state index is 13.1. The quantitative estimate of drug-likeness (QED) is 0.796. The van der Waals surface area contributed by atoms with Crippen molar-refractivity contribution in [2.24, 2.45) is 0 Å². The van der Waals surface area contributed by atoms with Crippen molar-refractivity contribution in [1.29, 1.82) is 0 Å². The van der Waals surface area contributed by atoms with Crippen LogP contribution in [0.25, 0.3) is 0 Å². The number of methoxy groups -OCH3 is 1. The lowest BCUT2D eigenvalue weighted by atomic mass is 10.1. The summed E-state index contributed by atoms with van der Waals surface area (Å²) < 4.78 is 20.1. The van der Waals surface area contributed by atoms with Gasteiger partial charge in [0, 0.05) is 19.9 Å². The molecule has 0 radical (unpaired) electrons. The number of carbonyl (C=O) groups excluding carboxylic acids is 1. The molecule has 1 unspecified atom stereocenters. The number of imidazole rings is 1. The lowest BCUT2D eigenvalue weighted by molar-refractivity contribution is -0.126. The number of halogens is 1. The van der Waals surface area contributed by atoms with E-state index in [1.165, 1.54) is 12.1 Å². The van der Waals surface area contributed by atoms with Crippen molar-refractivity contribution in [3.63, 3.8) is 0 Å². The second-order valence-electron chi connectivity index (χ2n) is 5.71. The summed E-state index contributed by atoms with van der Waals surface area (Å²) in [5.41, 5.74) is 1.64. The van der Waals surface area contributed by atoms with Gasteiger partial charge in [-0.1, -0.05) is 12.1 Å². The number of aromatic nitrogens is 2. The highest BCUT2D eigenvalue weighted by molar-refractivity contribution is 5.83. The highest BCUT2D eigenvalue weighted by Crippen LogP contribution is 2.19. The Morgan fingerprint density at radius 2 is 2.08 bits per heavy atom. The zero-order valence-corrected chi connectivity index (χ0v) is 14.2. The summed E-state index contributed by atoms with van der Waals surface area (Å²) in [6.07, 6.45) is 3.43. The maximum atomic E-state index is 13.1. The average Bonchev–Trinajstić information content (AvgIpc) is 3.00. The molecule has 1 amide bonds. The summed E-state index contributed by atoms with van der Waals surface area (Å²) >= 11 is 0. The van der Waals surface area contributed by atoms with E-state index in [2.05, 4.69) is 10.3 Å². The van der Waals surface area contributed by atoms with Crippen LogP contribution in [0.3, 0.4) is 0 Å². The van der Waals surface area contributed by atoms with E-state index in [0.717, 1.165) is 11.3 Å². The summed E-state index contributed by atoms with van der Waals surface area (Å²) in [4.78, 5) is 18.5. The van der Waals surface area contributed by atoms with Crippen molar-refractivity contribution in [2.45, 2.75) is 19.1 Å². The van der Waals surface area contributed by atoms with Crippen LogP contribution in [-0.2, 0) is 22.6 Å². The van der Waals surface area contributed by atoms with E-state index in [9.17, 15) is 9.18 Å². The fraction of sp³-hybridized carbons (Fsp3) is 0.412. The molecular weight excluding hydrogens is 311 g/mol. The number of hydrogen-bond acceptors (Lipinski definition) is 4. The molecule has 6 nitrogen and oxygen atoms in total. The molecule has 1 atom stereocenters. The third-order valence-corrected chi connectivity index (χ3v) is 3.73. The van der Waals surface area contributed by atoms with E-state index >= 15 is 0 Å². The number of benzene rings is 1. The smallest absolute Gasteiger partial charge is 0.242 e. The van der Waals surface area contributed by atoms with Gasteiger partial charge < -0.3 is 14.6 Å². The fourth-order valence-electron chi connectivity index (χ4n) is 2.49. The van der Waals surface area contributed by atoms with Gasteiger partial charge in [-0.2, -0.15) is 0 Å². The molecule has 0 fully saturated rings. The van der Waals surface area contributed by atoms with Gasteiger partial charge in [-0.15, -0.1) is 0 Å². The molecule has 1 heterocycles. The first-order valence-corrected chi connectivity index (χ1v) is 7.70. The predicted molar refractivity (Wildman–Crippen MR) is 88.8 cm³/mol. The van der Waals surface area contributed by atoms with E-state index < -0.39 is 6.04 Å². The van der Waals surface area contributed by atoms with E-state index in [1.54, 1.807) is 36.7 Å². The molecule has 0 aliphatic carbocycles. The Morgan fingerprint density at radius 1 is 1.38 bits per heavy atom. The van der Waals surface area contributed by atoms with Gasteiger partial charge in [-0.05, 0) is 31.8 Å². The van der Waals surface area contributed by atoms with Crippen molar-refractivity contribution >= 4 is 5.91 Å². The van der Waals surface area contributed by atoms with E-state index in [4.69, 9.17) is 4.74 Å². The van der Waals surface area contributed by atoms with Crippen molar-refractivity contribution < 1.29 is 13.9 Å². The summed E-state index contributed by atoms with van der Waals surface area (Å²) in [6.45, 7) is 1.62. The van der Waals surface area contributed by atoms with Gasteiger partial charge in [0.05, 0.1) is 25.2 Å². The predicted octanol–water partition coefficient (Wildman–Crippen LogP) is 1.59. The molecule has 0 spiro atoms. The van der Waals surface area contributed by atoms with Crippen LogP contribution in [0.1, 0.15) is 17.3 Å². The molecule has 130 valence electrons. The van der Waals surface area contributed by atoms with Gasteiger partial charge in [0.15, 0.2) is 0 Å². The molecule has 24 heavy (non-hydrogen) atoms. The lowest BCUT2D eigenvalue weighted by Gasteiger charge is -2.24. The molecule has 1 N–H and O–H groups in total. The molecule has 0 bridgehead atoms. The van der Waals surface area contributed by atoms with Crippen molar-refractivity contribution in [3.05, 3.63) is 53.9 Å². The first-order valence-electron chi connectivity index (χ1n) is 7.70. The topological polar surface area (TPSA) is 59.4 Å². The number of carbonyl (C=O) groups is 1. The Kier molecular flexibility index (Phi) is 6.45. The zero-order chi connectivity index (χ0) is 17.5. The Hall–Kier alpha value is -2.25. The largest absolute Gasteiger partial charge is 0.383 e. The second kappa shape index (κ2) is 8.56. The minimum atomic E-state index is -0.485. The summed E-state index contributed by atoms with van der Waals surface area (Å²) in [6, 6.07) is 5.49. The molecular formula is C17H23FN4O2. The molecule has 0 aliphatic rings. The molecule has 0 saturated carbocycles. The Balaban J connectivity index is 2.04. The number of nitrogens with one attached hydrogen (secondary N) is 1. The first kappa shape index (κ1) is 18.1. The summed E-state index contributed by atoms with van der Waals surface area (Å²) in [7, 11) is 5.27. The van der Waals surface area contributed by atoms with Crippen LogP contribution in [-0.4, -0.2) is 48.2 Å². The fourth-order valence-corrected chi connectivity index (χ4v) is 2.49. The molecule has 2 rings (SSSR count). The van der Waals surface area contributed by atoms with Crippen molar-refractivity contribution in [3.8, 4) is 0 Å². The molecule has 2 aromatic rings. The number of rotatable bonds is 8. The van der Waals surface area contributed by atoms with Crippen LogP contribution in [0.5, 0.6) is 0 Å². The molecule has 7 heteroatoms. The summed E-state index contributed by atoms with van der Waals surface area (Å²) in [5, 5.41) is 2.92. The van der Waals surface area contributed by atoms with Gasteiger partial charge in [-0.3, -0.25) is 9.69 Å². The van der Waals surface area contributed by atoms with Crippen LogP contribution in [0.15, 0.2) is 36.8 Å². The Labute approximate surface area is 141 Å². The van der Waals surface area contributed by atoms with Gasteiger partial charge in [0.25, 0.3) is 0 Å². The van der Waals surface area contributed by atoms with E-state index in [0.29, 0.717) is 19.7 Å². The third kappa shape index (κ3) is 4.62. The normalized spacial score (nSPS) is 12.4. The number of hydrogen-bond donors (Lipinski definition) is 1. The van der Waals surface area contributed by atoms with Crippen molar-refractivity contribution in [2.75, 3.05) is 27.8 Å². The lowest BCUT2D eigenvalue weighted by Crippen LogP contribution is -2.37. The second-order valence-corrected chi connectivity index (χ2v) is 5.71. The minimum Gasteiger partial charge on any atom is -0.383 e. The average molecular weight is 334 g/mol. The van der Waals surface area contributed by atoms with Gasteiger partial charge in [0.2, 0.25) is 5.91 Å². The van der Waals surface area contributed by atoms with E-state index in [-0.39, 0.29) is 11.7 Å². The van der Waals surface area contributed by atoms with Gasteiger partial charge in [-0.25, -0.2) is 9.37 Å². The minimum absolute atomic E-state index is 0.147. The zero-order valence-electron chi connectivity index (χ0n) is 14.2. The standard InChI is InChI=1S/C17H23FN4O2/c1-21(2)16(13-4-6-14(18)7-5-13)17(23)20-11-15-10-19-12-22(15)8-9-24-3/h4-7,10,12,16H,8-9,11H2,1-3H3,(H,20,23). The monoisotopic (exact) mass is 334 g/mol. The Morgan fingerprint density at radius 3 is 2.71 bits per heavy atom. The first-order chi connectivity index (χ1) is 11.5. The highest BCUT2D eigenvalue weighted by atomic mass is 19.1. The van der Waals surface area contributed by atoms with Gasteiger partial charge in [0.1, 0.15) is 11.9 Å². The molecule has 0 saturated heterocycles.